The normalized spacial score (nSPS) is 21.8. The summed E-state index contributed by atoms with van der Waals surface area (Å²) in [6.07, 6.45) is 0.559. The standard InChI is InChI=1S/C18H23NO7/c1-4-9(5-8(2)15(21)22)14(20)12-10(16(23)24)7-19-11-6-18(3,13(11)12)17(25)26/h7-9,14,20H,4-6H2,1-3H3,(H,21,22)(H,23,24)(H,25,26). The van der Waals surface area contributed by atoms with E-state index in [1.165, 1.54) is 13.8 Å². The van der Waals surface area contributed by atoms with Crippen LogP contribution in [0.5, 0.6) is 0 Å². The van der Waals surface area contributed by atoms with Crippen molar-refractivity contribution in [2.24, 2.45) is 11.8 Å². The van der Waals surface area contributed by atoms with Gasteiger partial charge < -0.3 is 20.4 Å². The second-order valence-corrected chi connectivity index (χ2v) is 7.11. The first-order chi connectivity index (χ1) is 12.0. The number of nitrogens with zero attached hydrogens (tertiary/aromatic N) is 1. The molecule has 2 rings (SSSR count). The van der Waals surface area contributed by atoms with Crippen LogP contribution in [-0.4, -0.2) is 43.3 Å². The van der Waals surface area contributed by atoms with Gasteiger partial charge in [-0.1, -0.05) is 20.3 Å². The highest BCUT2D eigenvalue weighted by Gasteiger charge is 2.50. The molecule has 1 heterocycles. The summed E-state index contributed by atoms with van der Waals surface area (Å²) in [6, 6.07) is 0. The Morgan fingerprint density at radius 3 is 2.35 bits per heavy atom. The lowest BCUT2D eigenvalue weighted by atomic mass is 9.63. The van der Waals surface area contributed by atoms with Gasteiger partial charge in [0.05, 0.1) is 23.0 Å². The molecule has 0 amide bonds. The summed E-state index contributed by atoms with van der Waals surface area (Å²) in [4.78, 5) is 38.5. The minimum Gasteiger partial charge on any atom is -0.481 e. The van der Waals surface area contributed by atoms with Crippen molar-refractivity contribution < 1.29 is 34.8 Å². The number of carboxylic acids is 3. The molecule has 4 atom stereocenters. The number of aromatic nitrogens is 1. The van der Waals surface area contributed by atoms with Gasteiger partial charge in [0.25, 0.3) is 0 Å². The number of carboxylic acid groups (broad SMARTS) is 3. The molecule has 0 aliphatic heterocycles. The van der Waals surface area contributed by atoms with Crippen LogP contribution in [0, 0.1) is 11.8 Å². The Bertz CT molecular complexity index is 760. The lowest BCUT2D eigenvalue weighted by Gasteiger charge is -2.40. The molecule has 26 heavy (non-hydrogen) atoms. The molecule has 1 aromatic heterocycles. The van der Waals surface area contributed by atoms with E-state index < -0.39 is 41.3 Å². The summed E-state index contributed by atoms with van der Waals surface area (Å²) in [6.45, 7) is 4.76. The molecule has 0 radical (unpaired) electrons. The first-order valence-corrected chi connectivity index (χ1v) is 8.44. The molecule has 1 aliphatic rings. The van der Waals surface area contributed by atoms with Gasteiger partial charge >= 0.3 is 17.9 Å². The minimum absolute atomic E-state index is 0.0445. The van der Waals surface area contributed by atoms with E-state index in [-0.39, 0.29) is 29.5 Å². The largest absolute Gasteiger partial charge is 0.481 e. The molecule has 1 aliphatic carbocycles. The van der Waals surface area contributed by atoms with Crippen molar-refractivity contribution in [3.63, 3.8) is 0 Å². The number of hydrogen-bond acceptors (Lipinski definition) is 5. The van der Waals surface area contributed by atoms with Crippen LogP contribution < -0.4 is 0 Å². The number of carbonyl (C=O) groups is 3. The fourth-order valence-electron chi connectivity index (χ4n) is 3.60. The molecule has 0 aromatic carbocycles. The number of pyridine rings is 1. The van der Waals surface area contributed by atoms with Gasteiger partial charge in [0.2, 0.25) is 0 Å². The van der Waals surface area contributed by atoms with Crippen LogP contribution in [0.15, 0.2) is 6.20 Å². The van der Waals surface area contributed by atoms with E-state index in [0.717, 1.165) is 6.20 Å². The predicted octanol–water partition coefficient (Wildman–Crippen LogP) is 1.85. The van der Waals surface area contributed by atoms with E-state index in [9.17, 15) is 29.7 Å². The third-order valence-electron chi connectivity index (χ3n) is 5.32. The minimum atomic E-state index is -1.32. The second kappa shape index (κ2) is 7.03. The Kier molecular flexibility index (Phi) is 5.36. The lowest BCUT2D eigenvalue weighted by Crippen LogP contribution is -2.46. The van der Waals surface area contributed by atoms with E-state index >= 15 is 0 Å². The highest BCUT2D eigenvalue weighted by Crippen LogP contribution is 2.47. The van der Waals surface area contributed by atoms with Crippen LogP contribution in [0.2, 0.25) is 0 Å². The molecule has 142 valence electrons. The first kappa shape index (κ1) is 19.8. The predicted molar refractivity (Wildman–Crippen MR) is 90.0 cm³/mol. The SMILES string of the molecule is CCC(CC(C)C(=O)O)C(O)c1c(C(=O)O)cnc2c1C(C)(C(=O)O)C2. The van der Waals surface area contributed by atoms with Crippen LogP contribution in [0.1, 0.15) is 66.9 Å². The van der Waals surface area contributed by atoms with Gasteiger partial charge in [0, 0.05) is 23.9 Å². The Balaban J connectivity index is 2.56. The van der Waals surface area contributed by atoms with E-state index in [4.69, 9.17) is 5.11 Å². The third-order valence-corrected chi connectivity index (χ3v) is 5.32. The zero-order chi connectivity index (χ0) is 19.8. The van der Waals surface area contributed by atoms with Crippen LogP contribution in [-0.2, 0) is 21.4 Å². The van der Waals surface area contributed by atoms with Gasteiger partial charge in [0.15, 0.2) is 0 Å². The molecule has 0 bridgehead atoms. The van der Waals surface area contributed by atoms with Crippen LogP contribution in [0.4, 0.5) is 0 Å². The average Bonchev–Trinajstić information content (AvgIpc) is 2.56. The highest BCUT2D eigenvalue weighted by atomic mass is 16.4. The second-order valence-electron chi connectivity index (χ2n) is 7.11. The Hall–Kier alpha value is -2.48. The smallest absolute Gasteiger partial charge is 0.337 e. The molecule has 0 saturated heterocycles. The monoisotopic (exact) mass is 365 g/mol. The summed E-state index contributed by atoms with van der Waals surface area (Å²) >= 11 is 0. The number of aliphatic hydroxyl groups is 1. The van der Waals surface area contributed by atoms with Gasteiger partial charge in [0.1, 0.15) is 0 Å². The number of aliphatic carboxylic acids is 2. The number of aromatic carboxylic acids is 1. The van der Waals surface area contributed by atoms with E-state index in [1.54, 1.807) is 6.92 Å². The van der Waals surface area contributed by atoms with Crippen molar-refractivity contribution in [3.8, 4) is 0 Å². The van der Waals surface area contributed by atoms with Crippen molar-refractivity contribution in [3.05, 3.63) is 28.6 Å². The van der Waals surface area contributed by atoms with Gasteiger partial charge in [-0.25, -0.2) is 4.79 Å². The molecular formula is C18H23NO7. The summed E-state index contributed by atoms with van der Waals surface area (Å²) in [5, 5.41) is 39.1. The molecule has 0 saturated carbocycles. The van der Waals surface area contributed by atoms with Gasteiger partial charge in [-0.05, 0) is 24.8 Å². The fourth-order valence-corrected chi connectivity index (χ4v) is 3.60. The maximum atomic E-state index is 11.7. The Morgan fingerprint density at radius 2 is 1.88 bits per heavy atom. The molecule has 1 aromatic rings. The van der Waals surface area contributed by atoms with Crippen LogP contribution >= 0.6 is 0 Å². The number of fused-ring (bicyclic) bond motifs is 1. The van der Waals surface area contributed by atoms with Crippen molar-refractivity contribution >= 4 is 17.9 Å². The fraction of sp³-hybridized carbons (Fsp3) is 0.556. The van der Waals surface area contributed by atoms with E-state index in [2.05, 4.69) is 4.98 Å². The zero-order valence-corrected chi connectivity index (χ0v) is 14.9. The Labute approximate surface area is 150 Å². The summed E-state index contributed by atoms with van der Waals surface area (Å²) in [7, 11) is 0. The topological polar surface area (TPSA) is 145 Å². The average molecular weight is 365 g/mol. The molecule has 0 spiro atoms. The highest BCUT2D eigenvalue weighted by molar-refractivity contribution is 5.93. The van der Waals surface area contributed by atoms with E-state index in [1.807, 2.05) is 0 Å². The summed E-state index contributed by atoms with van der Waals surface area (Å²) < 4.78 is 0. The maximum absolute atomic E-state index is 11.7. The molecular weight excluding hydrogens is 342 g/mol. The molecule has 4 N–H and O–H groups in total. The third kappa shape index (κ3) is 3.16. The number of rotatable bonds is 8. The molecule has 8 heteroatoms. The molecule has 0 fully saturated rings. The van der Waals surface area contributed by atoms with Crippen LogP contribution in [0.25, 0.3) is 0 Å². The Morgan fingerprint density at radius 1 is 1.27 bits per heavy atom. The quantitative estimate of drug-likeness (QED) is 0.546. The molecule has 8 nitrogen and oxygen atoms in total. The lowest BCUT2D eigenvalue weighted by molar-refractivity contribution is -0.144. The maximum Gasteiger partial charge on any atom is 0.337 e. The van der Waals surface area contributed by atoms with Crippen molar-refractivity contribution in [1.82, 2.24) is 4.98 Å². The van der Waals surface area contributed by atoms with Gasteiger partial charge in [-0.3, -0.25) is 14.6 Å². The van der Waals surface area contributed by atoms with Crippen molar-refractivity contribution in [1.29, 1.82) is 0 Å². The first-order valence-electron chi connectivity index (χ1n) is 8.44. The van der Waals surface area contributed by atoms with Crippen molar-refractivity contribution in [2.75, 3.05) is 0 Å². The number of aliphatic hydroxyl groups excluding tert-OH is 1. The summed E-state index contributed by atoms with van der Waals surface area (Å²) in [5.41, 5.74) is -0.831. The van der Waals surface area contributed by atoms with E-state index in [0.29, 0.717) is 12.1 Å². The van der Waals surface area contributed by atoms with Gasteiger partial charge in [-0.15, -0.1) is 0 Å². The van der Waals surface area contributed by atoms with Gasteiger partial charge in [-0.2, -0.15) is 0 Å². The number of hydrogen-bond donors (Lipinski definition) is 4. The summed E-state index contributed by atoms with van der Waals surface area (Å²) in [5.74, 6) is -4.68. The zero-order valence-electron chi connectivity index (χ0n) is 14.9. The van der Waals surface area contributed by atoms with Crippen LogP contribution in [0.3, 0.4) is 0 Å². The van der Waals surface area contributed by atoms with Crippen molar-refractivity contribution in [2.45, 2.75) is 51.6 Å². The molecule has 4 unspecified atom stereocenters.